The maximum Gasteiger partial charge on any atom is 0.305 e. The number of nitrogens with one attached hydrogen (secondary N) is 1. The molecule has 0 aromatic carbocycles. The molecule has 1 rings (SSSR count). The molecule has 1 amide bonds. The molecule has 0 heterocycles. The van der Waals surface area contributed by atoms with Crippen molar-refractivity contribution in [3.05, 3.63) is 0 Å². The van der Waals surface area contributed by atoms with Crippen molar-refractivity contribution >= 4 is 12.4 Å². The summed E-state index contributed by atoms with van der Waals surface area (Å²) < 4.78 is 0. The van der Waals surface area contributed by atoms with E-state index < -0.39 is 5.97 Å². The largest absolute Gasteiger partial charge is 0.481 e. The molecule has 0 saturated heterocycles. The van der Waals surface area contributed by atoms with Gasteiger partial charge in [-0.15, -0.1) is 0 Å². The molecule has 2 N–H and O–H groups in total. The zero-order valence-corrected chi connectivity index (χ0v) is 9.11. The molecular formula is C11H19NO3. The van der Waals surface area contributed by atoms with Crippen LogP contribution in [0.25, 0.3) is 0 Å². The summed E-state index contributed by atoms with van der Waals surface area (Å²) in [6.07, 6.45) is 4.99. The predicted molar refractivity (Wildman–Crippen MR) is 56.4 cm³/mol. The fraction of sp³-hybridized carbons (Fsp3) is 0.818. The van der Waals surface area contributed by atoms with E-state index in [-0.39, 0.29) is 12.5 Å². The van der Waals surface area contributed by atoms with Gasteiger partial charge >= 0.3 is 5.97 Å². The molecule has 0 aromatic heterocycles. The van der Waals surface area contributed by atoms with E-state index in [1.54, 1.807) is 0 Å². The molecule has 0 unspecified atom stereocenters. The monoisotopic (exact) mass is 213 g/mol. The van der Waals surface area contributed by atoms with Gasteiger partial charge in [0, 0.05) is 6.04 Å². The number of amides is 1. The number of hydrogen-bond donors (Lipinski definition) is 2. The number of aliphatic carboxylic acids is 1. The average molecular weight is 213 g/mol. The van der Waals surface area contributed by atoms with E-state index in [1.807, 2.05) is 0 Å². The SMILES string of the molecule is CC1CCC([C@@H](CC(=O)O)NC=O)CC1. The minimum absolute atomic E-state index is 0.0395. The van der Waals surface area contributed by atoms with E-state index in [0.29, 0.717) is 12.3 Å². The van der Waals surface area contributed by atoms with Gasteiger partial charge in [0.25, 0.3) is 0 Å². The second-order valence-electron chi connectivity index (χ2n) is 4.51. The zero-order valence-electron chi connectivity index (χ0n) is 9.11. The van der Waals surface area contributed by atoms with Crippen LogP contribution in [-0.2, 0) is 9.59 Å². The minimum Gasteiger partial charge on any atom is -0.481 e. The Hall–Kier alpha value is -1.06. The number of rotatable bonds is 5. The van der Waals surface area contributed by atoms with Crippen molar-refractivity contribution in [2.75, 3.05) is 0 Å². The van der Waals surface area contributed by atoms with E-state index in [2.05, 4.69) is 12.2 Å². The summed E-state index contributed by atoms with van der Waals surface area (Å²) >= 11 is 0. The summed E-state index contributed by atoms with van der Waals surface area (Å²) in [4.78, 5) is 21.0. The van der Waals surface area contributed by atoms with Crippen LogP contribution >= 0.6 is 0 Å². The fourth-order valence-corrected chi connectivity index (χ4v) is 2.33. The molecule has 0 aromatic rings. The smallest absolute Gasteiger partial charge is 0.305 e. The van der Waals surface area contributed by atoms with Crippen LogP contribution in [-0.4, -0.2) is 23.5 Å². The lowest BCUT2D eigenvalue weighted by Gasteiger charge is -2.31. The lowest BCUT2D eigenvalue weighted by molar-refractivity contribution is -0.138. The molecule has 0 bridgehead atoms. The van der Waals surface area contributed by atoms with Crippen molar-refractivity contribution in [3.8, 4) is 0 Å². The van der Waals surface area contributed by atoms with E-state index in [1.165, 1.54) is 0 Å². The van der Waals surface area contributed by atoms with Crippen molar-refractivity contribution in [3.63, 3.8) is 0 Å². The summed E-state index contributed by atoms with van der Waals surface area (Å²) in [7, 11) is 0. The molecule has 1 fully saturated rings. The van der Waals surface area contributed by atoms with E-state index in [9.17, 15) is 9.59 Å². The summed E-state index contributed by atoms with van der Waals surface area (Å²) in [5.74, 6) is 0.235. The maximum absolute atomic E-state index is 10.6. The molecule has 4 nitrogen and oxygen atoms in total. The average Bonchev–Trinajstić information content (AvgIpc) is 2.17. The van der Waals surface area contributed by atoms with Crippen molar-refractivity contribution in [1.82, 2.24) is 5.32 Å². The Kier molecular flexibility index (Phi) is 4.59. The fourth-order valence-electron chi connectivity index (χ4n) is 2.33. The Morgan fingerprint density at radius 2 is 2.07 bits per heavy atom. The highest BCUT2D eigenvalue weighted by Crippen LogP contribution is 2.31. The third-order valence-corrected chi connectivity index (χ3v) is 3.31. The van der Waals surface area contributed by atoms with E-state index >= 15 is 0 Å². The van der Waals surface area contributed by atoms with Crippen LogP contribution in [0.4, 0.5) is 0 Å². The predicted octanol–water partition coefficient (Wildman–Crippen LogP) is 1.40. The Bertz CT molecular complexity index is 222. The molecule has 1 aliphatic carbocycles. The first kappa shape index (κ1) is 12.0. The highest BCUT2D eigenvalue weighted by molar-refractivity contribution is 5.68. The first-order valence-electron chi connectivity index (χ1n) is 5.55. The van der Waals surface area contributed by atoms with Crippen LogP contribution in [0.1, 0.15) is 39.0 Å². The van der Waals surface area contributed by atoms with Gasteiger partial charge in [-0.25, -0.2) is 0 Å². The second-order valence-corrected chi connectivity index (χ2v) is 4.51. The standard InChI is InChI=1S/C11H19NO3/c1-8-2-4-9(5-3-8)10(12-7-13)6-11(14)15/h7-10H,2-6H2,1H3,(H,12,13)(H,14,15)/t8?,9?,10-/m1/s1. The van der Waals surface area contributed by atoms with E-state index in [0.717, 1.165) is 31.6 Å². The van der Waals surface area contributed by atoms with Crippen LogP contribution < -0.4 is 5.32 Å². The summed E-state index contributed by atoms with van der Waals surface area (Å²) in [5, 5.41) is 11.4. The van der Waals surface area contributed by atoms with Gasteiger partial charge in [0.15, 0.2) is 0 Å². The van der Waals surface area contributed by atoms with Gasteiger partial charge in [-0.1, -0.05) is 19.8 Å². The van der Waals surface area contributed by atoms with Gasteiger partial charge in [0.2, 0.25) is 6.41 Å². The summed E-state index contributed by atoms with van der Waals surface area (Å²) in [6, 6.07) is -0.188. The first-order valence-corrected chi connectivity index (χ1v) is 5.55. The van der Waals surface area contributed by atoms with Gasteiger partial charge in [-0.2, -0.15) is 0 Å². The number of carboxylic acid groups (broad SMARTS) is 1. The van der Waals surface area contributed by atoms with Crippen molar-refractivity contribution < 1.29 is 14.7 Å². The normalized spacial score (nSPS) is 28.1. The van der Waals surface area contributed by atoms with Crippen molar-refractivity contribution in [1.29, 1.82) is 0 Å². The van der Waals surface area contributed by atoms with Crippen LogP contribution in [0.2, 0.25) is 0 Å². The Morgan fingerprint density at radius 3 is 2.53 bits per heavy atom. The molecule has 15 heavy (non-hydrogen) atoms. The zero-order chi connectivity index (χ0) is 11.3. The molecule has 0 radical (unpaired) electrons. The number of carbonyl (C=O) groups excluding carboxylic acids is 1. The molecule has 1 aliphatic rings. The highest BCUT2D eigenvalue weighted by Gasteiger charge is 2.27. The van der Waals surface area contributed by atoms with Crippen molar-refractivity contribution in [2.45, 2.75) is 45.1 Å². The lowest BCUT2D eigenvalue weighted by Crippen LogP contribution is -2.38. The maximum atomic E-state index is 10.6. The first-order chi connectivity index (χ1) is 7.13. The molecule has 4 heteroatoms. The molecular weight excluding hydrogens is 194 g/mol. The van der Waals surface area contributed by atoms with Crippen molar-refractivity contribution in [2.24, 2.45) is 11.8 Å². The Labute approximate surface area is 90.0 Å². The van der Waals surface area contributed by atoms with Crippen LogP contribution in [0.15, 0.2) is 0 Å². The summed E-state index contributed by atoms with van der Waals surface area (Å²) in [5.41, 5.74) is 0. The van der Waals surface area contributed by atoms with E-state index in [4.69, 9.17) is 5.11 Å². The quantitative estimate of drug-likeness (QED) is 0.678. The van der Waals surface area contributed by atoms with Gasteiger partial charge in [0.1, 0.15) is 0 Å². The second kappa shape index (κ2) is 5.73. The number of hydrogen-bond acceptors (Lipinski definition) is 2. The molecule has 86 valence electrons. The van der Waals surface area contributed by atoms with Gasteiger partial charge in [0.05, 0.1) is 6.42 Å². The van der Waals surface area contributed by atoms with Crippen LogP contribution in [0, 0.1) is 11.8 Å². The summed E-state index contributed by atoms with van der Waals surface area (Å²) in [6.45, 7) is 2.22. The third-order valence-electron chi connectivity index (χ3n) is 3.31. The highest BCUT2D eigenvalue weighted by atomic mass is 16.4. The molecule has 1 saturated carbocycles. The van der Waals surface area contributed by atoms with Gasteiger partial charge in [-0.3, -0.25) is 9.59 Å². The topological polar surface area (TPSA) is 66.4 Å². The minimum atomic E-state index is -0.840. The molecule has 0 spiro atoms. The molecule has 0 aliphatic heterocycles. The van der Waals surface area contributed by atoms with Gasteiger partial charge < -0.3 is 10.4 Å². The van der Waals surface area contributed by atoms with Gasteiger partial charge in [-0.05, 0) is 24.7 Å². The third kappa shape index (κ3) is 3.90. The Balaban J connectivity index is 2.47. The number of carboxylic acids is 1. The van der Waals surface area contributed by atoms with Crippen LogP contribution in [0.3, 0.4) is 0 Å². The Morgan fingerprint density at radius 1 is 1.47 bits per heavy atom. The molecule has 1 atom stereocenters. The lowest BCUT2D eigenvalue weighted by atomic mass is 9.78. The van der Waals surface area contributed by atoms with Crippen LogP contribution in [0.5, 0.6) is 0 Å². The number of carbonyl (C=O) groups is 2.